The van der Waals surface area contributed by atoms with E-state index >= 15 is 0 Å². The average molecular weight is 369 g/mol. The topological polar surface area (TPSA) is 81.5 Å². The quantitative estimate of drug-likeness (QED) is 0.665. The fourth-order valence-corrected chi connectivity index (χ4v) is 2.79. The summed E-state index contributed by atoms with van der Waals surface area (Å²) in [4.78, 5) is 38.4. The summed E-state index contributed by atoms with van der Waals surface area (Å²) < 4.78 is 6.17. The molecule has 3 rings (SSSR count). The number of nitrogens with zero attached hydrogens (tertiary/aromatic N) is 3. The van der Waals surface area contributed by atoms with E-state index in [1.54, 1.807) is 36.1 Å². The van der Waals surface area contributed by atoms with Gasteiger partial charge in [0.1, 0.15) is 5.69 Å². The van der Waals surface area contributed by atoms with E-state index in [-0.39, 0.29) is 36.1 Å². The number of hydrogen-bond acceptors (Lipinski definition) is 5. The Morgan fingerprint density at radius 3 is 2.59 bits per heavy atom. The molecule has 0 aliphatic heterocycles. The van der Waals surface area contributed by atoms with Gasteiger partial charge in [-0.25, -0.2) is 0 Å². The highest BCUT2D eigenvalue weighted by Crippen LogP contribution is 2.30. The van der Waals surface area contributed by atoms with Gasteiger partial charge in [0.2, 0.25) is 0 Å². The van der Waals surface area contributed by atoms with Crippen molar-refractivity contribution in [3.63, 3.8) is 0 Å². The number of ether oxygens (including phenoxy) is 1. The van der Waals surface area contributed by atoms with E-state index in [4.69, 9.17) is 4.74 Å². The highest BCUT2D eigenvalue weighted by molar-refractivity contribution is 5.92. The molecule has 1 heterocycles. The zero-order chi connectivity index (χ0) is 19.2. The lowest BCUT2D eigenvalue weighted by molar-refractivity contribution is -0.143. The number of hydrogen-bond donors (Lipinski definition) is 0. The molecule has 1 amide bonds. The lowest BCUT2D eigenvalue weighted by Gasteiger charge is -2.22. The number of carbonyl (C=O) groups is 2. The van der Waals surface area contributed by atoms with Crippen LogP contribution in [0.25, 0.3) is 5.69 Å². The Bertz CT molecular complexity index is 859. The summed E-state index contributed by atoms with van der Waals surface area (Å²) in [5, 5.41) is 4.25. The molecule has 0 atom stereocenters. The number of amides is 1. The maximum Gasteiger partial charge on any atom is 0.307 e. The maximum atomic E-state index is 13.0. The summed E-state index contributed by atoms with van der Waals surface area (Å²) in [6.45, 7) is 2.94. The van der Waals surface area contributed by atoms with E-state index < -0.39 is 0 Å². The van der Waals surface area contributed by atoms with Crippen LogP contribution in [0, 0.1) is 5.92 Å². The van der Waals surface area contributed by atoms with Crippen molar-refractivity contribution in [1.82, 2.24) is 14.7 Å². The van der Waals surface area contributed by atoms with Gasteiger partial charge < -0.3 is 9.64 Å². The smallest absolute Gasteiger partial charge is 0.307 e. The molecule has 142 valence electrons. The minimum Gasteiger partial charge on any atom is -0.466 e. The van der Waals surface area contributed by atoms with Crippen LogP contribution in [0.1, 0.15) is 36.7 Å². The molecule has 2 aromatic rings. The van der Waals surface area contributed by atoms with Gasteiger partial charge in [-0.2, -0.15) is 9.78 Å². The van der Waals surface area contributed by atoms with Crippen LogP contribution in [-0.2, 0) is 9.53 Å². The van der Waals surface area contributed by atoms with Crippen LogP contribution in [0.5, 0.6) is 0 Å². The van der Waals surface area contributed by atoms with Crippen LogP contribution in [0.2, 0.25) is 0 Å². The molecule has 7 heteroatoms. The second kappa shape index (κ2) is 8.62. The van der Waals surface area contributed by atoms with Gasteiger partial charge in [0.05, 0.1) is 18.7 Å². The van der Waals surface area contributed by atoms with Crippen molar-refractivity contribution in [3.8, 4) is 5.69 Å². The third kappa shape index (κ3) is 5.03. The number of para-hydroxylation sites is 1. The summed E-state index contributed by atoms with van der Waals surface area (Å²) in [6.07, 6.45) is 2.31. The minimum atomic E-state index is -0.326. The second-order valence-electron chi connectivity index (χ2n) is 6.55. The molecule has 0 bridgehead atoms. The highest BCUT2D eigenvalue weighted by atomic mass is 16.5. The summed E-state index contributed by atoms with van der Waals surface area (Å²) in [6, 6.07) is 11.7. The van der Waals surface area contributed by atoms with Gasteiger partial charge in [0, 0.05) is 19.2 Å². The van der Waals surface area contributed by atoms with Gasteiger partial charge in [-0.15, -0.1) is 0 Å². The van der Waals surface area contributed by atoms with Crippen LogP contribution in [0.3, 0.4) is 0 Å². The zero-order valence-electron chi connectivity index (χ0n) is 15.3. The maximum absolute atomic E-state index is 13.0. The molecule has 27 heavy (non-hydrogen) atoms. The molecule has 1 aliphatic rings. The second-order valence-corrected chi connectivity index (χ2v) is 6.55. The fraction of sp³-hybridized carbons (Fsp3) is 0.400. The highest BCUT2D eigenvalue weighted by Gasteiger charge is 2.28. The molecule has 0 unspecified atom stereocenters. The van der Waals surface area contributed by atoms with E-state index in [1.807, 2.05) is 6.07 Å². The van der Waals surface area contributed by atoms with Crippen LogP contribution >= 0.6 is 0 Å². The first-order chi connectivity index (χ1) is 13.1. The molecule has 7 nitrogen and oxygen atoms in total. The summed E-state index contributed by atoms with van der Waals surface area (Å²) in [7, 11) is 0. The van der Waals surface area contributed by atoms with E-state index in [0.29, 0.717) is 24.8 Å². The van der Waals surface area contributed by atoms with Crippen molar-refractivity contribution in [2.75, 3.05) is 19.7 Å². The molecule has 0 saturated heterocycles. The van der Waals surface area contributed by atoms with Gasteiger partial charge in [-0.1, -0.05) is 18.2 Å². The van der Waals surface area contributed by atoms with Crippen molar-refractivity contribution in [3.05, 3.63) is 58.5 Å². The van der Waals surface area contributed by atoms with E-state index in [2.05, 4.69) is 5.10 Å². The fourth-order valence-electron chi connectivity index (χ4n) is 2.79. The molecular weight excluding hydrogens is 346 g/mol. The third-order valence-electron chi connectivity index (χ3n) is 4.37. The first-order valence-corrected chi connectivity index (χ1v) is 9.19. The van der Waals surface area contributed by atoms with Crippen LogP contribution in [0.15, 0.2) is 47.3 Å². The van der Waals surface area contributed by atoms with Gasteiger partial charge in [0.15, 0.2) is 0 Å². The Morgan fingerprint density at radius 1 is 1.19 bits per heavy atom. The number of benzene rings is 1. The normalized spacial score (nSPS) is 13.2. The lowest BCUT2D eigenvalue weighted by Crippen LogP contribution is -2.36. The first kappa shape index (κ1) is 18.8. The van der Waals surface area contributed by atoms with Crippen molar-refractivity contribution >= 4 is 11.9 Å². The Morgan fingerprint density at radius 2 is 1.93 bits per heavy atom. The van der Waals surface area contributed by atoms with Gasteiger partial charge >= 0.3 is 5.97 Å². The standard InChI is InChI=1S/C20H23N3O4/c1-2-27-19(25)12-13-22(14-15-8-9-15)20(26)17-10-11-18(24)23(21-17)16-6-4-3-5-7-16/h3-7,10-11,15H,2,8-9,12-14H2,1H3. The van der Waals surface area contributed by atoms with Crippen molar-refractivity contribution < 1.29 is 14.3 Å². The van der Waals surface area contributed by atoms with Gasteiger partial charge in [-0.3, -0.25) is 14.4 Å². The molecule has 0 N–H and O–H groups in total. The predicted molar refractivity (Wildman–Crippen MR) is 99.7 cm³/mol. The minimum absolute atomic E-state index is 0.143. The van der Waals surface area contributed by atoms with Crippen LogP contribution in [-0.4, -0.2) is 46.3 Å². The van der Waals surface area contributed by atoms with E-state index in [1.165, 1.54) is 16.8 Å². The Labute approximate surface area is 157 Å². The summed E-state index contributed by atoms with van der Waals surface area (Å²) in [5.41, 5.74) is 0.471. The Kier molecular flexibility index (Phi) is 6.01. The summed E-state index contributed by atoms with van der Waals surface area (Å²) in [5.74, 6) is -0.139. The molecule has 0 spiro atoms. The summed E-state index contributed by atoms with van der Waals surface area (Å²) >= 11 is 0. The van der Waals surface area contributed by atoms with E-state index in [9.17, 15) is 14.4 Å². The number of rotatable bonds is 8. The molecule has 1 aromatic carbocycles. The molecule has 1 aromatic heterocycles. The number of esters is 1. The Hall–Kier alpha value is -2.96. The van der Waals surface area contributed by atoms with Crippen molar-refractivity contribution in [2.45, 2.75) is 26.2 Å². The number of carbonyl (C=O) groups excluding carboxylic acids is 2. The predicted octanol–water partition coefficient (Wildman–Crippen LogP) is 2.04. The van der Waals surface area contributed by atoms with Crippen LogP contribution in [0.4, 0.5) is 0 Å². The van der Waals surface area contributed by atoms with Gasteiger partial charge in [0.25, 0.3) is 11.5 Å². The monoisotopic (exact) mass is 369 g/mol. The van der Waals surface area contributed by atoms with Crippen molar-refractivity contribution in [2.24, 2.45) is 5.92 Å². The lowest BCUT2D eigenvalue weighted by atomic mass is 10.2. The SMILES string of the molecule is CCOC(=O)CCN(CC1CC1)C(=O)c1ccc(=O)n(-c2ccccc2)n1. The largest absolute Gasteiger partial charge is 0.466 e. The molecule has 0 radical (unpaired) electrons. The van der Waals surface area contributed by atoms with Crippen molar-refractivity contribution in [1.29, 1.82) is 0 Å². The first-order valence-electron chi connectivity index (χ1n) is 9.19. The van der Waals surface area contributed by atoms with Gasteiger partial charge in [-0.05, 0) is 43.9 Å². The molecule has 1 saturated carbocycles. The van der Waals surface area contributed by atoms with Crippen LogP contribution < -0.4 is 5.56 Å². The average Bonchev–Trinajstić information content (AvgIpc) is 3.50. The molecular formula is C20H23N3O4. The third-order valence-corrected chi connectivity index (χ3v) is 4.37. The van der Waals surface area contributed by atoms with E-state index in [0.717, 1.165) is 12.8 Å². The zero-order valence-corrected chi connectivity index (χ0v) is 15.3. The molecule has 1 aliphatic carbocycles. The number of aromatic nitrogens is 2. The Balaban J connectivity index is 1.80. The molecule has 1 fully saturated rings.